The van der Waals surface area contributed by atoms with Crippen LogP contribution in [0.15, 0.2) is 67.0 Å². The normalized spacial score (nSPS) is 18.5. The van der Waals surface area contributed by atoms with Crippen LogP contribution < -0.4 is 5.32 Å². The largest absolute Gasteiger partial charge is 0.356 e. The van der Waals surface area contributed by atoms with Crippen molar-refractivity contribution < 1.29 is 9.18 Å². The average molecular weight is 349 g/mol. The molecule has 2 aromatic carbocycles. The van der Waals surface area contributed by atoms with Gasteiger partial charge in [-0.15, -0.1) is 0 Å². The van der Waals surface area contributed by atoms with Crippen LogP contribution in [0.5, 0.6) is 0 Å². The lowest BCUT2D eigenvalue weighted by atomic mass is 10.1. The van der Waals surface area contributed by atoms with Gasteiger partial charge in [-0.25, -0.2) is 9.07 Å². The van der Waals surface area contributed by atoms with Gasteiger partial charge in [0.25, 0.3) is 0 Å². The Hall–Kier alpha value is -2.95. The summed E-state index contributed by atoms with van der Waals surface area (Å²) < 4.78 is 14.8. The molecule has 5 heteroatoms. The maximum absolute atomic E-state index is 13.0. The van der Waals surface area contributed by atoms with Crippen LogP contribution in [-0.4, -0.2) is 22.2 Å². The molecule has 0 spiro atoms. The van der Waals surface area contributed by atoms with Crippen LogP contribution in [0.4, 0.5) is 4.39 Å². The number of hydrogen-bond acceptors (Lipinski definition) is 2. The standard InChI is InChI=1S/C21H20FN3O/c22-17-6-4-16(5-7-17)19-14-20(19)21(26)23-12-10-15-2-8-18(9-3-15)25-13-1-11-24-25/h1-9,11,13,19-20H,10,12,14H2,(H,23,26). The number of carbonyl (C=O) groups is 1. The minimum absolute atomic E-state index is 0.0163. The fraction of sp³-hybridized carbons (Fsp3) is 0.238. The topological polar surface area (TPSA) is 46.9 Å². The molecule has 0 radical (unpaired) electrons. The van der Waals surface area contributed by atoms with Crippen LogP contribution >= 0.6 is 0 Å². The van der Waals surface area contributed by atoms with Crippen molar-refractivity contribution in [1.82, 2.24) is 15.1 Å². The first-order chi connectivity index (χ1) is 12.7. The molecule has 4 rings (SSSR count). The van der Waals surface area contributed by atoms with Gasteiger partial charge in [-0.05, 0) is 60.2 Å². The van der Waals surface area contributed by atoms with E-state index in [-0.39, 0.29) is 23.6 Å². The molecule has 1 amide bonds. The van der Waals surface area contributed by atoms with Crippen LogP contribution in [0.3, 0.4) is 0 Å². The Morgan fingerprint density at radius 3 is 2.62 bits per heavy atom. The average Bonchev–Trinajstić information content (AvgIpc) is 3.27. The van der Waals surface area contributed by atoms with Crippen molar-refractivity contribution in [3.8, 4) is 5.69 Å². The maximum atomic E-state index is 13.0. The summed E-state index contributed by atoms with van der Waals surface area (Å²) in [4.78, 5) is 12.3. The summed E-state index contributed by atoms with van der Waals surface area (Å²) in [7, 11) is 0. The highest BCUT2D eigenvalue weighted by atomic mass is 19.1. The van der Waals surface area contributed by atoms with Gasteiger partial charge in [-0.2, -0.15) is 5.10 Å². The number of nitrogens with one attached hydrogen (secondary N) is 1. The molecule has 2 unspecified atom stereocenters. The van der Waals surface area contributed by atoms with E-state index in [0.717, 1.165) is 24.1 Å². The molecule has 1 N–H and O–H groups in total. The van der Waals surface area contributed by atoms with E-state index in [9.17, 15) is 9.18 Å². The van der Waals surface area contributed by atoms with Gasteiger partial charge in [0.2, 0.25) is 5.91 Å². The molecule has 132 valence electrons. The van der Waals surface area contributed by atoms with E-state index in [1.165, 1.54) is 17.7 Å². The molecule has 4 nitrogen and oxygen atoms in total. The van der Waals surface area contributed by atoms with E-state index in [1.807, 2.05) is 29.1 Å². The Morgan fingerprint density at radius 2 is 1.92 bits per heavy atom. The Morgan fingerprint density at radius 1 is 1.15 bits per heavy atom. The first kappa shape index (κ1) is 16.5. The number of nitrogens with zero attached hydrogens (tertiary/aromatic N) is 2. The van der Waals surface area contributed by atoms with E-state index >= 15 is 0 Å². The van der Waals surface area contributed by atoms with Gasteiger partial charge in [0.15, 0.2) is 0 Å². The monoisotopic (exact) mass is 349 g/mol. The molecule has 1 saturated carbocycles. The van der Waals surface area contributed by atoms with E-state index in [4.69, 9.17) is 0 Å². The fourth-order valence-electron chi connectivity index (χ4n) is 3.26. The van der Waals surface area contributed by atoms with Crippen molar-refractivity contribution in [3.63, 3.8) is 0 Å². The summed E-state index contributed by atoms with van der Waals surface area (Å²) in [6.45, 7) is 0.618. The molecule has 1 aliphatic rings. The SMILES string of the molecule is O=C(NCCc1ccc(-n2cccn2)cc1)C1CC1c1ccc(F)cc1. The first-order valence-electron chi connectivity index (χ1n) is 8.83. The second kappa shape index (κ2) is 7.12. The summed E-state index contributed by atoms with van der Waals surface area (Å²) in [5, 5.41) is 7.22. The molecule has 1 aliphatic carbocycles. The quantitative estimate of drug-likeness (QED) is 0.741. The summed E-state index contributed by atoms with van der Waals surface area (Å²) in [6.07, 6.45) is 5.29. The van der Waals surface area contributed by atoms with Crippen LogP contribution in [0.2, 0.25) is 0 Å². The number of aromatic nitrogens is 2. The smallest absolute Gasteiger partial charge is 0.223 e. The first-order valence-corrected chi connectivity index (χ1v) is 8.83. The van der Waals surface area contributed by atoms with Gasteiger partial charge in [0, 0.05) is 24.9 Å². The number of amides is 1. The van der Waals surface area contributed by atoms with E-state index in [2.05, 4.69) is 22.5 Å². The predicted octanol–water partition coefficient (Wildman–Crippen LogP) is 3.47. The molecule has 0 bridgehead atoms. The van der Waals surface area contributed by atoms with E-state index < -0.39 is 0 Å². The molecule has 2 atom stereocenters. The van der Waals surface area contributed by atoms with Gasteiger partial charge in [-0.1, -0.05) is 24.3 Å². The summed E-state index contributed by atoms with van der Waals surface area (Å²) in [5.41, 5.74) is 3.23. The third-order valence-electron chi connectivity index (χ3n) is 4.84. The van der Waals surface area contributed by atoms with Crippen LogP contribution in [0, 0.1) is 11.7 Å². The number of benzene rings is 2. The molecule has 0 saturated heterocycles. The zero-order valence-corrected chi connectivity index (χ0v) is 14.3. The summed E-state index contributed by atoms with van der Waals surface area (Å²) in [5.74, 6) is 0.0908. The minimum Gasteiger partial charge on any atom is -0.356 e. The van der Waals surface area contributed by atoms with Crippen molar-refractivity contribution in [2.75, 3.05) is 6.54 Å². The summed E-state index contributed by atoms with van der Waals surface area (Å²) in [6, 6.07) is 16.5. The lowest BCUT2D eigenvalue weighted by Gasteiger charge is -2.07. The number of carbonyl (C=O) groups excluding carboxylic acids is 1. The highest BCUT2D eigenvalue weighted by molar-refractivity contribution is 5.82. The number of halogens is 1. The van der Waals surface area contributed by atoms with Gasteiger partial charge in [0.05, 0.1) is 5.69 Å². The number of rotatable bonds is 6. The molecular formula is C21H20FN3O. The van der Waals surface area contributed by atoms with Crippen LogP contribution in [0.25, 0.3) is 5.69 Å². The van der Waals surface area contributed by atoms with Gasteiger partial charge in [0.1, 0.15) is 5.82 Å². The predicted molar refractivity (Wildman–Crippen MR) is 97.5 cm³/mol. The maximum Gasteiger partial charge on any atom is 0.223 e. The second-order valence-corrected chi connectivity index (χ2v) is 6.66. The zero-order valence-electron chi connectivity index (χ0n) is 14.3. The van der Waals surface area contributed by atoms with E-state index in [0.29, 0.717) is 6.54 Å². The minimum atomic E-state index is -0.242. The van der Waals surface area contributed by atoms with Crippen molar-refractivity contribution in [2.24, 2.45) is 5.92 Å². The van der Waals surface area contributed by atoms with Crippen molar-refractivity contribution >= 4 is 5.91 Å². The van der Waals surface area contributed by atoms with Crippen LogP contribution in [-0.2, 0) is 11.2 Å². The summed E-state index contributed by atoms with van der Waals surface area (Å²) >= 11 is 0. The molecular weight excluding hydrogens is 329 g/mol. The fourth-order valence-corrected chi connectivity index (χ4v) is 3.26. The van der Waals surface area contributed by atoms with Crippen molar-refractivity contribution in [2.45, 2.75) is 18.8 Å². The second-order valence-electron chi connectivity index (χ2n) is 6.66. The number of hydrogen-bond donors (Lipinski definition) is 1. The van der Waals surface area contributed by atoms with Crippen molar-refractivity contribution in [3.05, 3.63) is 83.9 Å². The molecule has 1 heterocycles. The molecule has 1 fully saturated rings. The Balaban J connectivity index is 1.25. The highest BCUT2D eigenvalue weighted by Gasteiger charge is 2.43. The van der Waals surface area contributed by atoms with Crippen LogP contribution in [0.1, 0.15) is 23.5 Å². The molecule has 1 aromatic heterocycles. The Labute approximate surface area is 151 Å². The molecule has 0 aliphatic heterocycles. The van der Waals surface area contributed by atoms with Gasteiger partial charge >= 0.3 is 0 Å². The molecule has 3 aromatic rings. The van der Waals surface area contributed by atoms with Gasteiger partial charge in [-0.3, -0.25) is 4.79 Å². The lowest BCUT2D eigenvalue weighted by Crippen LogP contribution is -2.27. The van der Waals surface area contributed by atoms with Crippen molar-refractivity contribution in [1.29, 1.82) is 0 Å². The molecule has 26 heavy (non-hydrogen) atoms. The third-order valence-corrected chi connectivity index (χ3v) is 4.84. The zero-order chi connectivity index (χ0) is 17.9. The van der Waals surface area contributed by atoms with E-state index in [1.54, 1.807) is 18.3 Å². The Kier molecular flexibility index (Phi) is 4.52. The Bertz CT molecular complexity index is 873. The highest BCUT2D eigenvalue weighted by Crippen LogP contribution is 2.47. The third kappa shape index (κ3) is 3.67. The lowest BCUT2D eigenvalue weighted by molar-refractivity contribution is -0.122. The van der Waals surface area contributed by atoms with Gasteiger partial charge < -0.3 is 5.32 Å².